The minimum Gasteiger partial charge on any atom is -0.455 e. The summed E-state index contributed by atoms with van der Waals surface area (Å²) in [6.45, 7) is 3.93. The third-order valence-corrected chi connectivity index (χ3v) is 7.15. The number of benzene rings is 1. The number of nitrogens with zero attached hydrogens (tertiary/aromatic N) is 1. The number of carbonyl (C=O) groups is 4. The number of rotatable bonds is 8. The number of ketones is 1. The van der Waals surface area contributed by atoms with E-state index in [0.29, 0.717) is 5.56 Å². The van der Waals surface area contributed by atoms with Crippen LogP contribution in [0.1, 0.15) is 31.1 Å². The van der Waals surface area contributed by atoms with Crippen molar-refractivity contribution in [3.8, 4) is 0 Å². The molecule has 0 aliphatic carbocycles. The second kappa shape index (κ2) is 8.71. The molecule has 2 unspecified atom stereocenters. The van der Waals surface area contributed by atoms with Crippen LogP contribution in [0.25, 0.3) is 0 Å². The van der Waals surface area contributed by atoms with Crippen molar-refractivity contribution in [3.05, 3.63) is 35.9 Å². The van der Waals surface area contributed by atoms with Crippen LogP contribution in [0.3, 0.4) is 0 Å². The van der Waals surface area contributed by atoms with E-state index in [4.69, 9.17) is 27.0 Å². The van der Waals surface area contributed by atoms with Gasteiger partial charge >= 0.3 is 5.97 Å². The van der Waals surface area contributed by atoms with Gasteiger partial charge in [0.15, 0.2) is 12.4 Å². The summed E-state index contributed by atoms with van der Waals surface area (Å²) >= 11 is 6.61. The van der Waals surface area contributed by atoms with Gasteiger partial charge in [0.2, 0.25) is 16.8 Å². The van der Waals surface area contributed by atoms with E-state index in [1.165, 1.54) is 6.92 Å². The van der Waals surface area contributed by atoms with Crippen LogP contribution in [-0.4, -0.2) is 57.4 Å². The number of halogens is 2. The van der Waals surface area contributed by atoms with Crippen molar-refractivity contribution >= 4 is 56.8 Å². The zero-order valence-corrected chi connectivity index (χ0v) is 17.9. The van der Waals surface area contributed by atoms with Gasteiger partial charge in [0.05, 0.1) is 11.3 Å². The summed E-state index contributed by atoms with van der Waals surface area (Å²) in [4.78, 5) is 47.9. The van der Waals surface area contributed by atoms with E-state index in [9.17, 15) is 19.2 Å². The maximum atomic E-state index is 12.9. The Morgan fingerprint density at radius 3 is 2.39 bits per heavy atom. The maximum absolute atomic E-state index is 12.9. The number of esters is 1. The Morgan fingerprint density at radius 2 is 1.89 bits per heavy atom. The first kappa shape index (κ1) is 22.5. The fourth-order valence-electron chi connectivity index (χ4n) is 2.72. The van der Waals surface area contributed by atoms with Gasteiger partial charge in [0.1, 0.15) is 6.04 Å². The first-order valence-corrected chi connectivity index (χ1v) is 10.4. The SMILES string of the molecule is CC(=O)NC1CN(C(Cl)(C(=O)OCC(=O)c2ccccc2)C(C)(C)SCl)C1=O. The second-order valence-corrected chi connectivity index (χ2v) is 8.96. The molecule has 0 bridgehead atoms. The number of Topliss-reactive ketones (excluding diaryl/α,β-unsaturated/α-hetero) is 1. The summed E-state index contributed by atoms with van der Waals surface area (Å²) < 4.78 is 4.01. The minimum atomic E-state index is -1.96. The van der Waals surface area contributed by atoms with E-state index >= 15 is 0 Å². The zero-order valence-electron chi connectivity index (χ0n) is 15.5. The first-order chi connectivity index (χ1) is 13.0. The van der Waals surface area contributed by atoms with Crippen molar-refractivity contribution in [2.75, 3.05) is 13.2 Å². The molecule has 1 saturated heterocycles. The number of amides is 2. The van der Waals surface area contributed by atoms with E-state index in [1.54, 1.807) is 44.2 Å². The number of nitrogens with one attached hydrogen (secondary N) is 1. The Morgan fingerprint density at radius 1 is 1.29 bits per heavy atom. The van der Waals surface area contributed by atoms with Gasteiger partial charge < -0.3 is 15.0 Å². The van der Waals surface area contributed by atoms with Crippen LogP contribution in [0.2, 0.25) is 0 Å². The van der Waals surface area contributed by atoms with Crippen molar-refractivity contribution in [1.29, 1.82) is 0 Å². The highest BCUT2D eigenvalue weighted by Gasteiger charge is 2.62. The standard InChI is InChI=1S/C18H20Cl2N2O5S/c1-11(23)21-13-9-22(15(13)25)18(19,17(2,3)28-20)16(26)27-10-14(24)12-7-5-4-6-8-12/h4-8,13H,9-10H2,1-3H3,(H,21,23). The molecule has 1 N–H and O–H groups in total. The molecule has 2 rings (SSSR count). The molecule has 1 aliphatic heterocycles. The van der Waals surface area contributed by atoms with Crippen molar-refractivity contribution in [2.24, 2.45) is 0 Å². The summed E-state index contributed by atoms with van der Waals surface area (Å²) in [5.41, 5.74) is 0.382. The highest BCUT2D eigenvalue weighted by atomic mass is 35.7. The fraction of sp³-hybridized carbons (Fsp3) is 0.444. The molecule has 2 atom stereocenters. The van der Waals surface area contributed by atoms with Gasteiger partial charge in [-0.3, -0.25) is 14.4 Å². The molecule has 1 aliphatic rings. The van der Waals surface area contributed by atoms with Gasteiger partial charge in [0.25, 0.3) is 0 Å². The average Bonchev–Trinajstić information content (AvgIpc) is 2.68. The summed E-state index contributed by atoms with van der Waals surface area (Å²) in [5.74, 6) is -2.28. The molecule has 1 heterocycles. The molecule has 0 radical (unpaired) electrons. The molecule has 1 aromatic rings. The van der Waals surface area contributed by atoms with E-state index < -0.39 is 40.1 Å². The molecular weight excluding hydrogens is 427 g/mol. The minimum absolute atomic E-state index is 0.0184. The van der Waals surface area contributed by atoms with E-state index in [-0.39, 0.29) is 12.5 Å². The van der Waals surface area contributed by atoms with E-state index in [2.05, 4.69) is 5.32 Å². The van der Waals surface area contributed by atoms with Crippen LogP contribution in [0.15, 0.2) is 30.3 Å². The second-order valence-electron chi connectivity index (χ2n) is 6.78. The predicted octanol–water partition coefficient (Wildman–Crippen LogP) is 2.36. The Kier molecular flexibility index (Phi) is 7.01. The largest absolute Gasteiger partial charge is 0.455 e. The van der Waals surface area contributed by atoms with Gasteiger partial charge in [-0.05, 0) is 35.5 Å². The number of likely N-dealkylation sites (tertiary alicyclic amines) is 1. The molecule has 0 aromatic heterocycles. The predicted molar refractivity (Wildman–Crippen MR) is 107 cm³/mol. The molecule has 0 spiro atoms. The monoisotopic (exact) mass is 446 g/mol. The fourth-order valence-corrected chi connectivity index (χ4v) is 3.79. The number of alkyl halides is 1. The van der Waals surface area contributed by atoms with Crippen molar-refractivity contribution in [2.45, 2.75) is 36.6 Å². The normalized spacial score (nSPS) is 18.7. The van der Waals surface area contributed by atoms with Crippen LogP contribution in [0, 0.1) is 0 Å². The number of β-lactam (4-membered cyclic amide) rings is 1. The van der Waals surface area contributed by atoms with Crippen molar-refractivity contribution in [1.82, 2.24) is 10.2 Å². The van der Waals surface area contributed by atoms with Crippen LogP contribution >= 0.6 is 33.3 Å². The molecule has 28 heavy (non-hydrogen) atoms. The highest BCUT2D eigenvalue weighted by Crippen LogP contribution is 2.47. The number of hydrogen-bond donors (Lipinski definition) is 1. The van der Waals surface area contributed by atoms with Gasteiger partial charge in [-0.1, -0.05) is 41.9 Å². The summed E-state index contributed by atoms with van der Waals surface area (Å²) in [7, 11) is 6.68. The number of ether oxygens (including phenoxy) is 1. The lowest BCUT2D eigenvalue weighted by Crippen LogP contribution is -2.75. The van der Waals surface area contributed by atoms with Gasteiger partial charge in [-0.25, -0.2) is 4.79 Å². The molecule has 1 fully saturated rings. The zero-order chi connectivity index (χ0) is 21.1. The Balaban J connectivity index is 2.17. The van der Waals surface area contributed by atoms with Crippen LogP contribution in [-0.2, 0) is 19.1 Å². The third-order valence-electron chi connectivity index (χ3n) is 4.37. The van der Waals surface area contributed by atoms with E-state index in [1.807, 2.05) is 0 Å². The lowest BCUT2D eigenvalue weighted by molar-refractivity contribution is -0.167. The van der Waals surface area contributed by atoms with Gasteiger partial charge in [-0.15, -0.1) is 0 Å². The number of hydrogen-bond acceptors (Lipinski definition) is 6. The molecule has 10 heteroatoms. The van der Waals surface area contributed by atoms with Crippen molar-refractivity contribution < 1.29 is 23.9 Å². The molecule has 0 saturated carbocycles. The third kappa shape index (κ3) is 4.29. The molecule has 152 valence electrons. The molecule has 2 amide bonds. The van der Waals surface area contributed by atoms with Gasteiger partial charge in [-0.2, -0.15) is 0 Å². The average molecular weight is 447 g/mol. The molecular formula is C18H20Cl2N2O5S. The number of carbonyl (C=O) groups excluding carboxylic acids is 4. The first-order valence-electron chi connectivity index (χ1n) is 8.37. The van der Waals surface area contributed by atoms with Crippen molar-refractivity contribution in [3.63, 3.8) is 0 Å². The highest BCUT2D eigenvalue weighted by molar-refractivity contribution is 8.22. The summed E-state index contributed by atoms with van der Waals surface area (Å²) in [6, 6.07) is 7.56. The van der Waals surface area contributed by atoms with E-state index in [0.717, 1.165) is 15.9 Å². The Hall–Kier alpha value is -1.77. The summed E-state index contributed by atoms with van der Waals surface area (Å²) in [5, 5.41) is 2.48. The van der Waals surface area contributed by atoms with Crippen LogP contribution < -0.4 is 5.32 Å². The summed E-state index contributed by atoms with van der Waals surface area (Å²) in [6.07, 6.45) is 0. The quantitative estimate of drug-likeness (QED) is 0.216. The molecule has 7 nitrogen and oxygen atoms in total. The van der Waals surface area contributed by atoms with Gasteiger partial charge in [0, 0.05) is 12.5 Å². The van der Waals surface area contributed by atoms with Crippen LogP contribution in [0.5, 0.6) is 0 Å². The lowest BCUT2D eigenvalue weighted by Gasteiger charge is -2.51. The Labute approximate surface area is 176 Å². The maximum Gasteiger partial charge on any atom is 0.349 e. The smallest absolute Gasteiger partial charge is 0.349 e. The van der Waals surface area contributed by atoms with Crippen LogP contribution in [0.4, 0.5) is 0 Å². The lowest BCUT2D eigenvalue weighted by atomic mass is 9.94. The molecule has 1 aromatic carbocycles. The topological polar surface area (TPSA) is 92.8 Å². The Bertz CT molecular complexity index is 789.